The maximum Gasteiger partial charge on any atom is 0.410 e. The minimum absolute atomic E-state index is 0.211. The largest absolute Gasteiger partial charge is 0.444 e. The normalized spacial score (nSPS) is 24.1. The van der Waals surface area contributed by atoms with E-state index >= 15 is 0 Å². The third-order valence-electron chi connectivity index (χ3n) is 3.78. The van der Waals surface area contributed by atoms with Gasteiger partial charge < -0.3 is 15.4 Å². The van der Waals surface area contributed by atoms with Gasteiger partial charge in [0, 0.05) is 13.6 Å². The summed E-state index contributed by atoms with van der Waals surface area (Å²) in [5, 5.41) is 0. The number of nitrogens with zero attached hydrogens (tertiary/aromatic N) is 1. The quantitative estimate of drug-likeness (QED) is 0.854. The van der Waals surface area contributed by atoms with E-state index in [0.717, 1.165) is 25.4 Å². The monoisotopic (exact) mass is 270 g/mol. The summed E-state index contributed by atoms with van der Waals surface area (Å²) < 4.78 is 5.37. The smallest absolute Gasteiger partial charge is 0.410 e. The lowest BCUT2D eigenvalue weighted by Crippen LogP contribution is -2.37. The van der Waals surface area contributed by atoms with Crippen LogP contribution in [0.1, 0.15) is 52.9 Å². The number of carbonyl (C=O) groups excluding carboxylic acids is 1. The van der Waals surface area contributed by atoms with Gasteiger partial charge in [0.25, 0.3) is 0 Å². The van der Waals surface area contributed by atoms with Crippen molar-refractivity contribution in [3.05, 3.63) is 0 Å². The lowest BCUT2D eigenvalue weighted by molar-refractivity contribution is 0.0257. The zero-order chi connectivity index (χ0) is 14.5. The second-order valence-corrected chi connectivity index (χ2v) is 6.82. The van der Waals surface area contributed by atoms with Crippen LogP contribution in [0, 0.1) is 11.8 Å². The third-order valence-corrected chi connectivity index (χ3v) is 3.78. The summed E-state index contributed by atoms with van der Waals surface area (Å²) in [6, 6.07) is 0. The predicted octanol–water partition coefficient (Wildman–Crippen LogP) is 3.01. The highest BCUT2D eigenvalue weighted by molar-refractivity contribution is 5.67. The molecule has 1 aliphatic carbocycles. The number of amides is 1. The molecule has 1 fully saturated rings. The van der Waals surface area contributed by atoms with E-state index in [1.807, 2.05) is 27.8 Å². The lowest BCUT2D eigenvalue weighted by Gasteiger charge is -2.32. The molecule has 0 aromatic rings. The molecule has 0 unspecified atom stereocenters. The molecule has 1 rings (SSSR count). The van der Waals surface area contributed by atoms with Crippen molar-refractivity contribution in [2.45, 2.75) is 58.5 Å². The number of hydrogen-bond donors (Lipinski definition) is 1. The summed E-state index contributed by atoms with van der Waals surface area (Å²) in [6.07, 6.45) is 5.86. The second kappa shape index (κ2) is 7.13. The molecule has 0 heterocycles. The van der Waals surface area contributed by atoms with Gasteiger partial charge in [-0.25, -0.2) is 4.79 Å². The van der Waals surface area contributed by atoms with Gasteiger partial charge in [-0.2, -0.15) is 0 Å². The molecule has 0 spiro atoms. The van der Waals surface area contributed by atoms with Crippen molar-refractivity contribution in [1.29, 1.82) is 0 Å². The van der Waals surface area contributed by atoms with Crippen LogP contribution >= 0.6 is 0 Å². The number of hydrogen-bond acceptors (Lipinski definition) is 3. The molecule has 0 atom stereocenters. The van der Waals surface area contributed by atoms with Crippen molar-refractivity contribution in [1.82, 2.24) is 4.90 Å². The summed E-state index contributed by atoms with van der Waals surface area (Å²) in [5.41, 5.74) is 5.19. The number of nitrogens with two attached hydrogens (primary N) is 1. The molecule has 0 saturated heterocycles. The maximum atomic E-state index is 11.9. The van der Waals surface area contributed by atoms with Gasteiger partial charge in [-0.3, -0.25) is 0 Å². The van der Waals surface area contributed by atoms with Gasteiger partial charge in [-0.15, -0.1) is 0 Å². The van der Waals surface area contributed by atoms with Gasteiger partial charge in [-0.1, -0.05) is 12.8 Å². The van der Waals surface area contributed by atoms with Crippen LogP contribution in [0.25, 0.3) is 0 Å². The molecule has 1 aliphatic rings. The average Bonchev–Trinajstić information content (AvgIpc) is 2.29. The Kier molecular flexibility index (Phi) is 6.11. The Labute approximate surface area is 117 Å². The van der Waals surface area contributed by atoms with Crippen LogP contribution in [0.3, 0.4) is 0 Å². The Morgan fingerprint density at radius 1 is 1.21 bits per heavy atom. The van der Waals surface area contributed by atoms with E-state index in [4.69, 9.17) is 10.5 Å². The number of carbonyl (C=O) groups is 1. The van der Waals surface area contributed by atoms with E-state index in [9.17, 15) is 4.79 Å². The van der Waals surface area contributed by atoms with Gasteiger partial charge >= 0.3 is 6.09 Å². The van der Waals surface area contributed by atoms with Crippen molar-refractivity contribution in [3.63, 3.8) is 0 Å². The molecule has 4 nitrogen and oxygen atoms in total. The molecule has 2 N–H and O–H groups in total. The molecule has 0 aromatic carbocycles. The van der Waals surface area contributed by atoms with E-state index < -0.39 is 5.60 Å². The molecule has 0 radical (unpaired) electrons. The van der Waals surface area contributed by atoms with Crippen molar-refractivity contribution >= 4 is 6.09 Å². The van der Waals surface area contributed by atoms with Crippen molar-refractivity contribution < 1.29 is 9.53 Å². The standard InChI is InChI=1S/C15H30N2O2/c1-15(2,3)19-14(18)17(4)11-13-7-5-12(6-8-13)9-10-16/h12-13H,5-11,16H2,1-4H3. The highest BCUT2D eigenvalue weighted by atomic mass is 16.6. The van der Waals surface area contributed by atoms with Crippen molar-refractivity contribution in [2.24, 2.45) is 17.6 Å². The molecular weight excluding hydrogens is 240 g/mol. The molecule has 1 saturated carbocycles. The van der Waals surface area contributed by atoms with Crippen LogP contribution in [0.15, 0.2) is 0 Å². The minimum atomic E-state index is -0.413. The van der Waals surface area contributed by atoms with Gasteiger partial charge in [0.2, 0.25) is 0 Å². The van der Waals surface area contributed by atoms with Crippen LogP contribution in [-0.4, -0.2) is 36.7 Å². The minimum Gasteiger partial charge on any atom is -0.444 e. The maximum absolute atomic E-state index is 11.9. The summed E-state index contributed by atoms with van der Waals surface area (Å²) in [6.45, 7) is 7.31. The Bertz CT molecular complexity index is 278. The molecule has 19 heavy (non-hydrogen) atoms. The highest BCUT2D eigenvalue weighted by Crippen LogP contribution is 2.31. The zero-order valence-electron chi connectivity index (χ0n) is 12.9. The first-order valence-corrected chi connectivity index (χ1v) is 7.46. The van der Waals surface area contributed by atoms with Gasteiger partial charge in [0.05, 0.1) is 0 Å². The first-order valence-electron chi connectivity index (χ1n) is 7.46. The van der Waals surface area contributed by atoms with Gasteiger partial charge in [0.15, 0.2) is 0 Å². The average molecular weight is 270 g/mol. The van der Waals surface area contributed by atoms with Crippen molar-refractivity contribution in [3.8, 4) is 0 Å². The number of ether oxygens (including phenoxy) is 1. The molecule has 1 amide bonds. The van der Waals surface area contributed by atoms with E-state index in [-0.39, 0.29) is 6.09 Å². The van der Waals surface area contributed by atoms with E-state index in [1.54, 1.807) is 4.90 Å². The molecule has 0 bridgehead atoms. The summed E-state index contributed by atoms with van der Waals surface area (Å²) in [4.78, 5) is 13.6. The van der Waals surface area contributed by atoms with Crippen LogP contribution in [-0.2, 0) is 4.74 Å². The van der Waals surface area contributed by atoms with Crippen LogP contribution in [0.5, 0.6) is 0 Å². The fourth-order valence-corrected chi connectivity index (χ4v) is 2.74. The molecular formula is C15H30N2O2. The van der Waals surface area contributed by atoms with Gasteiger partial charge in [0.1, 0.15) is 5.60 Å². The fraction of sp³-hybridized carbons (Fsp3) is 0.933. The Morgan fingerprint density at radius 3 is 2.21 bits per heavy atom. The predicted molar refractivity (Wildman–Crippen MR) is 78.0 cm³/mol. The highest BCUT2D eigenvalue weighted by Gasteiger charge is 2.25. The second-order valence-electron chi connectivity index (χ2n) is 6.82. The first-order chi connectivity index (χ1) is 8.81. The van der Waals surface area contributed by atoms with Crippen LogP contribution in [0.4, 0.5) is 4.79 Å². The zero-order valence-corrected chi connectivity index (χ0v) is 12.9. The fourth-order valence-electron chi connectivity index (χ4n) is 2.74. The molecule has 4 heteroatoms. The Balaban J connectivity index is 2.30. The molecule has 0 aromatic heterocycles. The first kappa shape index (κ1) is 16.3. The number of rotatable bonds is 4. The Hall–Kier alpha value is -0.770. The van der Waals surface area contributed by atoms with Crippen molar-refractivity contribution in [2.75, 3.05) is 20.1 Å². The summed E-state index contributed by atoms with van der Waals surface area (Å²) in [7, 11) is 1.83. The Morgan fingerprint density at radius 2 is 1.74 bits per heavy atom. The van der Waals surface area contributed by atoms with Crippen LogP contribution in [0.2, 0.25) is 0 Å². The summed E-state index contributed by atoms with van der Waals surface area (Å²) in [5.74, 6) is 1.42. The van der Waals surface area contributed by atoms with E-state index in [0.29, 0.717) is 5.92 Å². The topological polar surface area (TPSA) is 55.6 Å². The third kappa shape index (κ3) is 6.28. The summed E-state index contributed by atoms with van der Waals surface area (Å²) >= 11 is 0. The van der Waals surface area contributed by atoms with E-state index in [2.05, 4.69) is 0 Å². The molecule has 0 aliphatic heterocycles. The van der Waals surface area contributed by atoms with Crippen LogP contribution < -0.4 is 5.73 Å². The molecule has 112 valence electrons. The SMILES string of the molecule is CN(CC1CCC(CCN)CC1)C(=O)OC(C)(C)C. The lowest BCUT2D eigenvalue weighted by atomic mass is 9.80. The van der Waals surface area contributed by atoms with E-state index in [1.165, 1.54) is 25.7 Å². The van der Waals surface area contributed by atoms with Gasteiger partial charge in [-0.05, 0) is 58.4 Å².